The van der Waals surface area contributed by atoms with Crippen LogP contribution in [0.25, 0.3) is 0 Å². The van der Waals surface area contributed by atoms with E-state index in [9.17, 15) is 23.2 Å². The second kappa shape index (κ2) is 6.11. The molecule has 0 spiro atoms. The van der Waals surface area contributed by atoms with Gasteiger partial charge < -0.3 is 4.74 Å². The zero-order chi connectivity index (χ0) is 15.5. The van der Waals surface area contributed by atoms with Crippen molar-refractivity contribution >= 4 is 17.8 Å². The van der Waals surface area contributed by atoms with Gasteiger partial charge in [-0.25, -0.2) is 9.69 Å². The molecule has 0 aromatic carbocycles. The molecule has 0 aromatic heterocycles. The highest BCUT2D eigenvalue weighted by Gasteiger charge is 2.37. The average molecular weight is 289 g/mol. The molecule has 0 saturated carbocycles. The van der Waals surface area contributed by atoms with Crippen molar-refractivity contribution in [3.05, 3.63) is 12.2 Å². The number of nitrogens with zero attached hydrogens (tertiary/aromatic N) is 1. The number of rotatable bonds is 2. The molecule has 1 fully saturated rings. The van der Waals surface area contributed by atoms with E-state index in [0.717, 1.165) is 4.90 Å². The van der Waals surface area contributed by atoms with E-state index in [4.69, 9.17) is 4.74 Å². The molecule has 112 valence electrons. The number of likely N-dealkylation sites (tertiary alicyclic amines) is 1. The summed E-state index contributed by atoms with van der Waals surface area (Å²) in [4.78, 5) is 35.9. The lowest BCUT2D eigenvalue weighted by molar-refractivity contribution is -0.141. The van der Waals surface area contributed by atoms with Crippen LogP contribution in [-0.4, -0.2) is 34.8 Å². The molecular formula is C13H17F2NO4. The fourth-order valence-electron chi connectivity index (χ4n) is 1.74. The van der Waals surface area contributed by atoms with Gasteiger partial charge in [-0.3, -0.25) is 9.59 Å². The van der Waals surface area contributed by atoms with Crippen molar-refractivity contribution in [3.63, 3.8) is 0 Å². The van der Waals surface area contributed by atoms with Crippen LogP contribution in [0.2, 0.25) is 0 Å². The maximum atomic E-state index is 12.0. The third-order valence-electron chi connectivity index (χ3n) is 2.66. The number of ketones is 1. The van der Waals surface area contributed by atoms with E-state index in [1.54, 1.807) is 20.8 Å². The molecule has 5 nitrogen and oxygen atoms in total. The summed E-state index contributed by atoms with van der Waals surface area (Å²) in [5.74, 6) is -1.90. The molecule has 0 bridgehead atoms. The highest BCUT2D eigenvalue weighted by atomic mass is 19.3. The quantitative estimate of drug-likeness (QED) is 0.733. The molecule has 1 atom stereocenters. The summed E-state index contributed by atoms with van der Waals surface area (Å²) in [5.41, 5.74) is -0.779. The molecule has 2 amide bonds. The van der Waals surface area contributed by atoms with Gasteiger partial charge in [-0.2, -0.15) is 8.78 Å². The first-order chi connectivity index (χ1) is 9.10. The summed E-state index contributed by atoms with van der Waals surface area (Å²) in [6.45, 7) is 4.70. The number of piperidine rings is 1. The summed E-state index contributed by atoms with van der Waals surface area (Å²) in [6.07, 6.45) is -2.80. The van der Waals surface area contributed by atoms with Gasteiger partial charge in [0, 0.05) is 12.5 Å². The topological polar surface area (TPSA) is 63.7 Å². The second-order valence-electron chi connectivity index (χ2n) is 5.55. The zero-order valence-corrected chi connectivity index (χ0v) is 11.6. The molecule has 1 saturated heterocycles. The highest BCUT2D eigenvalue weighted by Crippen LogP contribution is 2.21. The lowest BCUT2D eigenvalue weighted by atomic mass is 9.93. The number of carbonyl (C=O) groups is 3. The zero-order valence-electron chi connectivity index (χ0n) is 11.6. The highest BCUT2D eigenvalue weighted by molar-refractivity contribution is 6.06. The van der Waals surface area contributed by atoms with Gasteiger partial charge in [0.1, 0.15) is 11.4 Å². The average Bonchev–Trinajstić information content (AvgIpc) is 2.24. The van der Waals surface area contributed by atoms with Crippen LogP contribution >= 0.6 is 0 Å². The number of hydrogen-bond acceptors (Lipinski definition) is 4. The normalized spacial score (nSPS) is 19.9. The second-order valence-corrected chi connectivity index (χ2v) is 5.55. The van der Waals surface area contributed by atoms with Gasteiger partial charge in [-0.05, 0) is 33.3 Å². The van der Waals surface area contributed by atoms with Crippen molar-refractivity contribution in [2.24, 2.45) is 5.92 Å². The van der Waals surface area contributed by atoms with Crippen molar-refractivity contribution in [2.75, 3.05) is 6.54 Å². The Bertz CT molecular complexity index is 450. The Hall–Kier alpha value is -1.79. The van der Waals surface area contributed by atoms with Gasteiger partial charge in [0.25, 0.3) is 6.08 Å². The number of halogens is 2. The van der Waals surface area contributed by atoms with Crippen LogP contribution in [0, 0.1) is 5.92 Å². The molecule has 20 heavy (non-hydrogen) atoms. The van der Waals surface area contributed by atoms with Gasteiger partial charge in [-0.1, -0.05) is 0 Å². The van der Waals surface area contributed by atoms with Crippen LogP contribution in [0.1, 0.15) is 33.6 Å². The van der Waals surface area contributed by atoms with E-state index >= 15 is 0 Å². The van der Waals surface area contributed by atoms with E-state index in [1.165, 1.54) is 0 Å². The molecule has 7 heteroatoms. The number of hydrogen-bond donors (Lipinski definition) is 0. The van der Waals surface area contributed by atoms with Crippen molar-refractivity contribution in [2.45, 2.75) is 39.2 Å². The lowest BCUT2D eigenvalue weighted by Gasteiger charge is -2.31. The summed E-state index contributed by atoms with van der Waals surface area (Å²) >= 11 is 0. The molecule has 1 heterocycles. The predicted molar refractivity (Wildman–Crippen MR) is 66.0 cm³/mol. The monoisotopic (exact) mass is 289 g/mol. The molecule has 0 aliphatic carbocycles. The number of Topliss-reactive ketones (excluding diaryl/α,β-unsaturated/α-hetero) is 1. The molecule has 1 rings (SSSR count). The molecule has 0 aromatic rings. The Kier molecular flexibility index (Phi) is 4.97. The number of imide groups is 1. The smallest absolute Gasteiger partial charge is 0.417 e. The number of ether oxygens (including phenoxy) is 1. The van der Waals surface area contributed by atoms with Crippen molar-refractivity contribution in [1.29, 1.82) is 0 Å². The van der Waals surface area contributed by atoms with Crippen LogP contribution < -0.4 is 0 Å². The number of amides is 2. The van der Waals surface area contributed by atoms with E-state index < -0.39 is 41.8 Å². The van der Waals surface area contributed by atoms with Crippen molar-refractivity contribution in [3.8, 4) is 0 Å². The largest absolute Gasteiger partial charge is 0.443 e. The number of allylic oxidation sites excluding steroid dienone is 1. The third kappa shape index (κ3) is 4.71. The Morgan fingerprint density at radius 1 is 1.40 bits per heavy atom. The van der Waals surface area contributed by atoms with Crippen LogP contribution in [-0.2, 0) is 14.3 Å². The molecule has 1 unspecified atom stereocenters. The number of carbonyl (C=O) groups excluding carboxylic acids is 3. The maximum absolute atomic E-state index is 12.0. The summed E-state index contributed by atoms with van der Waals surface area (Å²) in [6, 6.07) is 0. The Morgan fingerprint density at radius 2 is 2.00 bits per heavy atom. The maximum Gasteiger partial charge on any atom is 0.417 e. The lowest BCUT2D eigenvalue weighted by Crippen LogP contribution is -2.49. The van der Waals surface area contributed by atoms with Gasteiger partial charge in [-0.15, -0.1) is 0 Å². The van der Waals surface area contributed by atoms with E-state index in [1.807, 2.05) is 0 Å². The first-order valence-electron chi connectivity index (χ1n) is 6.17. The van der Waals surface area contributed by atoms with Crippen LogP contribution in [0.15, 0.2) is 12.2 Å². The predicted octanol–water partition coefficient (Wildman–Crippen LogP) is 2.51. The molecule has 1 aliphatic heterocycles. The van der Waals surface area contributed by atoms with Gasteiger partial charge >= 0.3 is 6.09 Å². The summed E-state index contributed by atoms with van der Waals surface area (Å²) in [7, 11) is 0. The van der Waals surface area contributed by atoms with Gasteiger partial charge in [0.05, 0.1) is 6.42 Å². The van der Waals surface area contributed by atoms with Crippen LogP contribution in [0.5, 0.6) is 0 Å². The van der Waals surface area contributed by atoms with Gasteiger partial charge in [0.15, 0.2) is 0 Å². The SMILES string of the molecule is CC(C)(C)OC(=O)N1CC(CC=C(F)F)C(=O)CC1=O. The summed E-state index contributed by atoms with van der Waals surface area (Å²) < 4.78 is 29.1. The van der Waals surface area contributed by atoms with Crippen LogP contribution in [0.3, 0.4) is 0 Å². The van der Waals surface area contributed by atoms with Crippen molar-refractivity contribution < 1.29 is 27.9 Å². The first-order valence-corrected chi connectivity index (χ1v) is 6.17. The minimum Gasteiger partial charge on any atom is -0.443 e. The van der Waals surface area contributed by atoms with Crippen LogP contribution in [0.4, 0.5) is 13.6 Å². The molecule has 1 aliphatic rings. The minimum absolute atomic E-state index is 0.201. The fourth-order valence-corrected chi connectivity index (χ4v) is 1.74. The summed E-state index contributed by atoms with van der Waals surface area (Å²) in [5, 5.41) is 0. The Labute approximate surface area is 115 Å². The standard InChI is InChI=1S/C13H17F2NO4/c1-13(2,3)20-12(19)16-7-8(4-5-10(14)15)9(17)6-11(16)18/h5,8H,4,6-7H2,1-3H3. The first kappa shape index (κ1) is 16.3. The van der Waals surface area contributed by atoms with Gasteiger partial charge in [0.2, 0.25) is 5.91 Å². The minimum atomic E-state index is -1.89. The van der Waals surface area contributed by atoms with E-state index in [0.29, 0.717) is 6.08 Å². The van der Waals surface area contributed by atoms with Crippen molar-refractivity contribution in [1.82, 2.24) is 4.90 Å². The van der Waals surface area contributed by atoms with E-state index in [2.05, 4.69) is 0 Å². The van der Waals surface area contributed by atoms with E-state index in [-0.39, 0.29) is 13.0 Å². The third-order valence-corrected chi connectivity index (χ3v) is 2.66. The Morgan fingerprint density at radius 3 is 2.50 bits per heavy atom. The fraction of sp³-hybridized carbons (Fsp3) is 0.615. The Balaban J connectivity index is 2.77. The molecule has 0 N–H and O–H groups in total. The molecular weight excluding hydrogens is 272 g/mol. The molecule has 0 radical (unpaired) electrons.